The lowest BCUT2D eigenvalue weighted by molar-refractivity contribution is -0.135. The Bertz CT molecular complexity index is 1060. The average Bonchev–Trinajstić information content (AvgIpc) is 3.14. The number of nitrogens with zero attached hydrogens (tertiary/aromatic N) is 4. The standard InChI is InChI=1S/C12H17N5O11P2/c13-8-5-9(15-2-14-8)17(3-16-5)10-7(19)6(18)4(28-10)1-27-30(25,26)12(11(20)21)29(22,23)24/h2-4,6-7,10,12,18-19H,1H2,(H,20,21)(H,25,26)(H2,13,14,15)(H2,22,23,24)/t4-,6-,7-,10-,12?/m1/s1. The van der Waals surface area contributed by atoms with Gasteiger partial charge in [0, 0.05) is 0 Å². The first-order chi connectivity index (χ1) is 13.8. The maximum Gasteiger partial charge on any atom is 0.354 e. The molecule has 30 heavy (non-hydrogen) atoms. The van der Waals surface area contributed by atoms with Crippen LogP contribution in [0.4, 0.5) is 5.82 Å². The van der Waals surface area contributed by atoms with E-state index in [1.807, 2.05) is 0 Å². The molecule has 3 heterocycles. The van der Waals surface area contributed by atoms with E-state index in [2.05, 4.69) is 19.5 Å². The van der Waals surface area contributed by atoms with E-state index in [-0.39, 0.29) is 17.0 Å². The lowest BCUT2D eigenvalue weighted by Gasteiger charge is -2.22. The normalized spacial score (nSPS) is 27.8. The van der Waals surface area contributed by atoms with Crippen LogP contribution in [0.15, 0.2) is 12.7 Å². The van der Waals surface area contributed by atoms with Gasteiger partial charge in [0.05, 0.1) is 12.9 Å². The fraction of sp³-hybridized carbons (Fsp3) is 0.500. The molecule has 1 saturated heterocycles. The third-order valence-corrected chi connectivity index (χ3v) is 8.26. The van der Waals surface area contributed by atoms with Crippen molar-refractivity contribution in [2.75, 3.05) is 12.3 Å². The number of carboxylic acids is 1. The highest BCUT2D eigenvalue weighted by Crippen LogP contribution is 2.63. The fourth-order valence-corrected chi connectivity index (χ4v) is 5.67. The van der Waals surface area contributed by atoms with E-state index in [1.165, 1.54) is 10.9 Å². The van der Waals surface area contributed by atoms with E-state index in [0.29, 0.717) is 0 Å². The SMILES string of the molecule is Nc1ncnc2c1ncn2[C@@H]1O[C@H](COP(=O)(O)C(C(=O)O)P(=O)(O)O)[C@@H](O)[C@H]1O. The second-order valence-corrected chi connectivity index (χ2v) is 10.3. The van der Waals surface area contributed by atoms with Gasteiger partial charge < -0.3 is 45.0 Å². The zero-order valence-electron chi connectivity index (χ0n) is 14.7. The number of anilines is 1. The average molecular weight is 469 g/mol. The minimum atomic E-state index is -5.55. The molecule has 0 bridgehead atoms. The zero-order chi connectivity index (χ0) is 22.4. The number of nitrogen functional groups attached to an aromatic ring is 1. The molecule has 0 saturated carbocycles. The minimum absolute atomic E-state index is 0.0463. The molecule has 0 radical (unpaired) electrons. The molecule has 8 N–H and O–H groups in total. The van der Waals surface area contributed by atoms with Crippen molar-refractivity contribution in [1.29, 1.82) is 0 Å². The number of fused-ring (bicyclic) bond motifs is 1. The fourth-order valence-electron chi connectivity index (χ4n) is 2.88. The van der Waals surface area contributed by atoms with E-state index in [9.17, 15) is 29.0 Å². The number of carboxylic acid groups (broad SMARTS) is 1. The monoisotopic (exact) mass is 469 g/mol. The van der Waals surface area contributed by atoms with Gasteiger partial charge in [0.2, 0.25) is 0 Å². The maximum atomic E-state index is 12.1. The summed E-state index contributed by atoms with van der Waals surface area (Å²) in [5, 5.41) is 26.3. The summed E-state index contributed by atoms with van der Waals surface area (Å²) < 4.78 is 34.5. The Balaban J connectivity index is 1.79. The van der Waals surface area contributed by atoms with Gasteiger partial charge in [0.25, 0.3) is 5.40 Å². The van der Waals surface area contributed by atoms with Crippen molar-refractivity contribution in [3.8, 4) is 0 Å². The third kappa shape index (κ3) is 4.09. The summed E-state index contributed by atoms with van der Waals surface area (Å²) in [6, 6.07) is 0. The summed E-state index contributed by atoms with van der Waals surface area (Å²) in [6.07, 6.45) is -3.70. The van der Waals surface area contributed by atoms with Crippen LogP contribution in [-0.2, 0) is 23.2 Å². The van der Waals surface area contributed by atoms with Crippen LogP contribution in [0, 0.1) is 0 Å². The number of nitrogens with two attached hydrogens (primary N) is 1. The van der Waals surface area contributed by atoms with Crippen LogP contribution in [0.1, 0.15) is 6.23 Å². The molecule has 0 amide bonds. The number of aliphatic hydroxyl groups is 2. The minimum Gasteiger partial charge on any atom is -0.480 e. The summed E-state index contributed by atoms with van der Waals surface area (Å²) in [7, 11) is -11.0. The number of carbonyl (C=O) groups is 1. The molecule has 1 fully saturated rings. The van der Waals surface area contributed by atoms with Gasteiger partial charge in [0.15, 0.2) is 17.7 Å². The van der Waals surface area contributed by atoms with Gasteiger partial charge in [-0.25, -0.2) is 15.0 Å². The number of imidazole rings is 1. The Morgan fingerprint density at radius 3 is 2.50 bits per heavy atom. The maximum absolute atomic E-state index is 12.1. The number of aliphatic hydroxyl groups excluding tert-OH is 2. The summed E-state index contributed by atoms with van der Waals surface area (Å²) in [4.78, 5) is 50.5. The zero-order valence-corrected chi connectivity index (χ0v) is 16.5. The number of rotatable bonds is 7. The first-order valence-corrected chi connectivity index (χ1v) is 11.4. The van der Waals surface area contributed by atoms with Gasteiger partial charge >= 0.3 is 21.2 Å². The number of hydrogen-bond donors (Lipinski definition) is 7. The summed E-state index contributed by atoms with van der Waals surface area (Å²) in [5.41, 5.74) is 6.01. The molecule has 16 nitrogen and oxygen atoms in total. The van der Waals surface area contributed by atoms with Gasteiger partial charge in [-0.2, -0.15) is 0 Å². The predicted octanol–water partition coefficient (Wildman–Crippen LogP) is -2.18. The Morgan fingerprint density at radius 1 is 1.23 bits per heavy atom. The smallest absolute Gasteiger partial charge is 0.354 e. The van der Waals surface area contributed by atoms with Crippen molar-refractivity contribution in [2.24, 2.45) is 0 Å². The van der Waals surface area contributed by atoms with Gasteiger partial charge in [-0.05, 0) is 0 Å². The van der Waals surface area contributed by atoms with E-state index >= 15 is 0 Å². The molecule has 1 aliphatic heterocycles. The number of hydrogen-bond acceptors (Lipinski definition) is 11. The first-order valence-electron chi connectivity index (χ1n) is 8.04. The molecule has 18 heteroatoms. The molecule has 3 rings (SSSR count). The first kappa shape index (κ1) is 22.7. The van der Waals surface area contributed by atoms with E-state index in [4.69, 9.17) is 25.4 Å². The van der Waals surface area contributed by atoms with Gasteiger partial charge in [-0.3, -0.25) is 18.5 Å². The van der Waals surface area contributed by atoms with Crippen molar-refractivity contribution in [3.63, 3.8) is 0 Å². The summed E-state index contributed by atoms with van der Waals surface area (Å²) in [5.74, 6) is -2.20. The van der Waals surface area contributed by atoms with Crippen LogP contribution in [0.25, 0.3) is 11.2 Å². The van der Waals surface area contributed by atoms with E-state index < -0.39 is 57.7 Å². The number of aromatic nitrogens is 4. The van der Waals surface area contributed by atoms with Crippen molar-refractivity contribution >= 4 is 38.1 Å². The summed E-state index contributed by atoms with van der Waals surface area (Å²) in [6.45, 7) is -0.962. The predicted molar refractivity (Wildman–Crippen MR) is 94.9 cm³/mol. The van der Waals surface area contributed by atoms with Crippen LogP contribution < -0.4 is 5.73 Å². The van der Waals surface area contributed by atoms with E-state index in [1.54, 1.807) is 0 Å². The lowest BCUT2D eigenvalue weighted by atomic mass is 10.1. The van der Waals surface area contributed by atoms with Crippen LogP contribution in [-0.4, -0.2) is 85.8 Å². The molecule has 1 aliphatic rings. The summed E-state index contributed by atoms with van der Waals surface area (Å²) >= 11 is 0. The molecule has 0 aromatic carbocycles. The van der Waals surface area contributed by atoms with Gasteiger partial charge in [-0.1, -0.05) is 0 Å². The number of ether oxygens (including phenoxy) is 1. The van der Waals surface area contributed by atoms with Crippen molar-refractivity contribution < 1.29 is 53.2 Å². The topological polar surface area (TPSA) is 261 Å². The van der Waals surface area contributed by atoms with Crippen molar-refractivity contribution in [1.82, 2.24) is 19.5 Å². The Hall–Kier alpha value is -2.00. The molecule has 2 unspecified atom stereocenters. The lowest BCUT2D eigenvalue weighted by Crippen LogP contribution is -2.34. The Kier molecular flexibility index (Phi) is 5.99. The Labute approximate surface area is 166 Å². The van der Waals surface area contributed by atoms with Crippen LogP contribution in [0.3, 0.4) is 0 Å². The molecular weight excluding hydrogens is 452 g/mol. The third-order valence-electron chi connectivity index (χ3n) is 4.27. The van der Waals surface area contributed by atoms with Crippen LogP contribution in [0.2, 0.25) is 0 Å². The van der Waals surface area contributed by atoms with Gasteiger partial charge in [-0.15, -0.1) is 0 Å². The van der Waals surface area contributed by atoms with Crippen LogP contribution >= 0.6 is 15.2 Å². The second-order valence-electron chi connectivity index (χ2n) is 6.29. The van der Waals surface area contributed by atoms with Gasteiger partial charge in [0.1, 0.15) is 30.2 Å². The molecule has 0 spiro atoms. The number of aliphatic carboxylic acids is 1. The van der Waals surface area contributed by atoms with Crippen molar-refractivity contribution in [2.45, 2.75) is 29.9 Å². The molecular formula is C12H17N5O11P2. The molecule has 166 valence electrons. The highest BCUT2D eigenvalue weighted by molar-refractivity contribution is 7.72. The molecule has 2 aromatic heterocycles. The quantitative estimate of drug-likeness (QED) is 0.213. The van der Waals surface area contributed by atoms with E-state index in [0.717, 1.165) is 6.33 Å². The van der Waals surface area contributed by atoms with Crippen molar-refractivity contribution in [3.05, 3.63) is 12.7 Å². The molecule has 0 aliphatic carbocycles. The molecule has 6 atom stereocenters. The second kappa shape index (κ2) is 7.92. The molecule has 2 aromatic rings. The Morgan fingerprint density at radius 2 is 1.90 bits per heavy atom. The highest BCUT2D eigenvalue weighted by Gasteiger charge is 2.53. The largest absolute Gasteiger partial charge is 0.480 e. The highest BCUT2D eigenvalue weighted by atomic mass is 31.2. The van der Waals surface area contributed by atoms with Crippen LogP contribution in [0.5, 0.6) is 0 Å².